The van der Waals surface area contributed by atoms with E-state index in [0.29, 0.717) is 0 Å². The lowest BCUT2D eigenvalue weighted by molar-refractivity contribution is -0.118. The van der Waals surface area contributed by atoms with E-state index in [1.807, 2.05) is 0 Å². The molecule has 0 aromatic heterocycles. The Balaban J connectivity index is 3.99. The van der Waals surface area contributed by atoms with Crippen molar-refractivity contribution in [3.8, 4) is 0 Å². The molecule has 0 aliphatic carbocycles. The van der Waals surface area contributed by atoms with Gasteiger partial charge in [-0.05, 0) is 20.8 Å². The van der Waals surface area contributed by atoms with E-state index >= 15 is 0 Å². The second-order valence-corrected chi connectivity index (χ2v) is 5.90. The fraction of sp³-hybridized carbons (Fsp3) is 0.750. The Hall–Kier alpha value is -1.31. The summed E-state index contributed by atoms with van der Waals surface area (Å²) in [4.78, 5) is 22.0. The molecule has 0 radical (unpaired) electrons. The highest BCUT2D eigenvalue weighted by Gasteiger charge is 2.17. The van der Waals surface area contributed by atoms with Crippen LogP contribution in [0.4, 0.5) is 4.79 Å². The lowest BCUT2D eigenvalue weighted by atomic mass is 10.2. The van der Waals surface area contributed by atoms with E-state index in [9.17, 15) is 18.0 Å². The van der Waals surface area contributed by atoms with Crippen molar-refractivity contribution >= 4 is 22.0 Å². The molecular formula is C8H16N2O5S. The van der Waals surface area contributed by atoms with Crippen molar-refractivity contribution in [3.63, 3.8) is 0 Å². The molecular weight excluding hydrogens is 236 g/mol. The summed E-state index contributed by atoms with van der Waals surface area (Å²) in [6, 6.07) is 0. The maximum Gasteiger partial charge on any atom is 0.408 e. The molecule has 94 valence electrons. The van der Waals surface area contributed by atoms with Crippen molar-refractivity contribution < 1.29 is 22.7 Å². The van der Waals surface area contributed by atoms with Gasteiger partial charge in [-0.1, -0.05) is 0 Å². The minimum Gasteiger partial charge on any atom is -0.444 e. The van der Waals surface area contributed by atoms with E-state index in [2.05, 4.69) is 5.32 Å². The molecule has 0 aliphatic heterocycles. The molecule has 0 aliphatic rings. The van der Waals surface area contributed by atoms with Gasteiger partial charge in [0.25, 0.3) is 5.91 Å². The van der Waals surface area contributed by atoms with Gasteiger partial charge in [0.05, 0.1) is 6.26 Å². The Morgan fingerprint density at radius 2 is 1.75 bits per heavy atom. The molecule has 0 saturated carbocycles. The number of hydrogen-bond acceptors (Lipinski definition) is 5. The van der Waals surface area contributed by atoms with Gasteiger partial charge in [0.2, 0.25) is 10.0 Å². The highest BCUT2D eigenvalue weighted by atomic mass is 32.2. The third-order valence-electron chi connectivity index (χ3n) is 1.09. The van der Waals surface area contributed by atoms with E-state index in [0.717, 1.165) is 6.26 Å². The fourth-order valence-electron chi connectivity index (χ4n) is 0.709. The van der Waals surface area contributed by atoms with E-state index < -0.39 is 34.2 Å². The van der Waals surface area contributed by atoms with E-state index in [4.69, 9.17) is 4.74 Å². The van der Waals surface area contributed by atoms with Gasteiger partial charge in [0, 0.05) is 0 Å². The Kier molecular flexibility index (Phi) is 4.73. The smallest absolute Gasteiger partial charge is 0.408 e. The molecule has 7 nitrogen and oxygen atoms in total. The van der Waals surface area contributed by atoms with E-state index in [1.165, 1.54) is 0 Å². The Bertz CT molecular complexity index is 368. The van der Waals surface area contributed by atoms with Crippen LogP contribution in [-0.2, 0) is 19.6 Å². The average molecular weight is 252 g/mol. The number of carbonyl (C=O) groups is 2. The number of nitrogens with one attached hydrogen (secondary N) is 2. The highest BCUT2D eigenvalue weighted by Crippen LogP contribution is 2.05. The molecule has 0 aromatic carbocycles. The van der Waals surface area contributed by atoms with Gasteiger partial charge in [0.1, 0.15) is 12.1 Å². The van der Waals surface area contributed by atoms with Crippen molar-refractivity contribution in [3.05, 3.63) is 0 Å². The van der Waals surface area contributed by atoms with Gasteiger partial charge in [0.15, 0.2) is 0 Å². The molecule has 0 unspecified atom stereocenters. The van der Waals surface area contributed by atoms with Gasteiger partial charge in [-0.3, -0.25) is 9.52 Å². The first-order chi connectivity index (χ1) is 6.99. The molecule has 16 heavy (non-hydrogen) atoms. The van der Waals surface area contributed by atoms with Crippen molar-refractivity contribution in [2.45, 2.75) is 26.4 Å². The van der Waals surface area contributed by atoms with Crippen molar-refractivity contribution in [2.24, 2.45) is 0 Å². The Morgan fingerprint density at radius 1 is 1.25 bits per heavy atom. The monoisotopic (exact) mass is 252 g/mol. The second-order valence-electron chi connectivity index (χ2n) is 4.15. The molecule has 0 spiro atoms. The predicted molar refractivity (Wildman–Crippen MR) is 57.2 cm³/mol. The van der Waals surface area contributed by atoms with Crippen molar-refractivity contribution in [1.29, 1.82) is 0 Å². The van der Waals surface area contributed by atoms with Gasteiger partial charge >= 0.3 is 6.09 Å². The number of hydrogen-bond donors (Lipinski definition) is 2. The number of alkyl carbamates (subject to hydrolysis) is 1. The first-order valence-electron chi connectivity index (χ1n) is 4.47. The van der Waals surface area contributed by atoms with Crippen LogP contribution in [0.3, 0.4) is 0 Å². The van der Waals surface area contributed by atoms with Gasteiger partial charge in [-0.15, -0.1) is 0 Å². The lowest BCUT2D eigenvalue weighted by Crippen LogP contribution is -2.41. The third-order valence-corrected chi connectivity index (χ3v) is 1.69. The highest BCUT2D eigenvalue weighted by molar-refractivity contribution is 7.89. The molecule has 8 heteroatoms. The summed E-state index contributed by atoms with van der Waals surface area (Å²) in [5.41, 5.74) is -0.669. The fourth-order valence-corrected chi connectivity index (χ4v) is 1.20. The zero-order valence-electron chi connectivity index (χ0n) is 9.66. The van der Waals surface area contributed by atoms with E-state index in [1.54, 1.807) is 25.5 Å². The zero-order chi connectivity index (χ0) is 13.0. The number of carbonyl (C=O) groups excluding carboxylic acids is 2. The standard InChI is InChI=1S/C8H16N2O5S/c1-8(2,3)15-7(12)9-5-6(11)10-16(4,13)14/h5H2,1-4H3,(H,9,12)(H,10,11). The maximum atomic E-state index is 11.1. The summed E-state index contributed by atoms with van der Waals surface area (Å²) in [6.45, 7) is 4.55. The van der Waals surface area contributed by atoms with Gasteiger partial charge in [-0.2, -0.15) is 0 Å². The third kappa shape index (κ3) is 9.25. The number of sulfonamides is 1. The van der Waals surface area contributed by atoms with Crippen LogP contribution in [-0.4, -0.2) is 38.8 Å². The number of rotatable bonds is 3. The molecule has 0 rings (SSSR count). The molecule has 2 amide bonds. The van der Waals surface area contributed by atoms with Gasteiger partial charge < -0.3 is 10.1 Å². The summed E-state index contributed by atoms with van der Waals surface area (Å²) in [7, 11) is -3.60. The van der Waals surface area contributed by atoms with Crippen LogP contribution in [0, 0.1) is 0 Å². The van der Waals surface area contributed by atoms with E-state index in [-0.39, 0.29) is 0 Å². The van der Waals surface area contributed by atoms with Crippen LogP contribution in [0.1, 0.15) is 20.8 Å². The molecule has 0 saturated heterocycles. The first-order valence-corrected chi connectivity index (χ1v) is 6.36. The summed E-state index contributed by atoms with van der Waals surface area (Å²) in [6.07, 6.45) is 0.0643. The number of amides is 2. The second kappa shape index (κ2) is 5.15. The molecule has 0 fully saturated rings. The summed E-state index contributed by atoms with van der Waals surface area (Å²) in [5.74, 6) is -0.826. The van der Waals surface area contributed by atoms with Crippen LogP contribution in [0.25, 0.3) is 0 Å². The molecule has 0 bridgehead atoms. The first kappa shape index (κ1) is 14.7. The quantitative estimate of drug-likeness (QED) is 0.710. The van der Waals surface area contributed by atoms with Crippen molar-refractivity contribution in [1.82, 2.24) is 10.0 Å². The lowest BCUT2D eigenvalue weighted by Gasteiger charge is -2.19. The largest absolute Gasteiger partial charge is 0.444 e. The summed E-state index contributed by atoms with van der Waals surface area (Å²) >= 11 is 0. The van der Waals surface area contributed by atoms with Crippen LogP contribution < -0.4 is 10.0 Å². The molecule has 0 heterocycles. The van der Waals surface area contributed by atoms with Crippen LogP contribution in [0.15, 0.2) is 0 Å². The Morgan fingerprint density at radius 3 is 2.12 bits per heavy atom. The minimum absolute atomic E-state index is 0.456. The van der Waals surface area contributed by atoms with Crippen molar-refractivity contribution in [2.75, 3.05) is 12.8 Å². The predicted octanol–water partition coefficient (Wildman–Crippen LogP) is -0.413. The topological polar surface area (TPSA) is 102 Å². The normalized spacial score (nSPS) is 11.8. The van der Waals surface area contributed by atoms with Crippen LogP contribution >= 0.6 is 0 Å². The molecule has 0 aromatic rings. The SMILES string of the molecule is CC(C)(C)OC(=O)NCC(=O)NS(C)(=O)=O. The maximum absolute atomic E-state index is 11.1. The zero-order valence-corrected chi connectivity index (χ0v) is 10.5. The van der Waals surface area contributed by atoms with Crippen LogP contribution in [0.5, 0.6) is 0 Å². The average Bonchev–Trinajstić information content (AvgIpc) is 1.94. The number of ether oxygens (including phenoxy) is 1. The Labute approximate surface area is 94.6 Å². The summed E-state index contributed by atoms with van der Waals surface area (Å²) in [5, 5.41) is 2.12. The molecule has 2 N–H and O–H groups in total. The minimum atomic E-state index is -3.60. The van der Waals surface area contributed by atoms with Gasteiger partial charge in [-0.25, -0.2) is 13.2 Å². The summed E-state index contributed by atoms with van der Waals surface area (Å²) < 4.78 is 27.8. The molecule has 0 atom stereocenters. The van der Waals surface area contributed by atoms with Crippen LogP contribution in [0.2, 0.25) is 0 Å².